The number of benzene rings is 1. The minimum absolute atomic E-state index is 0.153. The lowest BCUT2D eigenvalue weighted by Gasteiger charge is -2.13. The average Bonchev–Trinajstić information content (AvgIpc) is 3.10. The minimum Gasteiger partial charge on any atom is -0.504 e. The molecule has 0 heterocycles. The third kappa shape index (κ3) is 5.95. The number of guanidine groups is 1. The molecular formula is C19H31N3O2. The van der Waals surface area contributed by atoms with Gasteiger partial charge in [-0.2, -0.15) is 0 Å². The van der Waals surface area contributed by atoms with E-state index in [2.05, 4.69) is 22.5 Å². The van der Waals surface area contributed by atoms with Gasteiger partial charge in [-0.1, -0.05) is 31.7 Å². The summed E-state index contributed by atoms with van der Waals surface area (Å²) in [6.07, 6.45) is 8.16. The highest BCUT2D eigenvalue weighted by molar-refractivity contribution is 5.79. The Kier molecular flexibility index (Phi) is 7.72. The Morgan fingerprint density at radius 1 is 1.29 bits per heavy atom. The van der Waals surface area contributed by atoms with Crippen molar-refractivity contribution in [2.75, 3.05) is 20.2 Å². The summed E-state index contributed by atoms with van der Waals surface area (Å²) in [7, 11) is 1.55. The molecule has 0 radical (unpaired) electrons. The Bertz CT molecular complexity index is 525. The first-order valence-corrected chi connectivity index (χ1v) is 9.11. The smallest absolute Gasteiger partial charge is 0.191 e. The maximum Gasteiger partial charge on any atom is 0.191 e. The molecule has 1 fully saturated rings. The number of phenols is 1. The van der Waals surface area contributed by atoms with E-state index in [0.717, 1.165) is 30.5 Å². The molecule has 1 aromatic rings. The highest BCUT2D eigenvalue weighted by atomic mass is 16.5. The highest BCUT2D eigenvalue weighted by Crippen LogP contribution is 2.28. The molecule has 5 heteroatoms. The van der Waals surface area contributed by atoms with Gasteiger partial charge < -0.3 is 20.5 Å². The van der Waals surface area contributed by atoms with Crippen LogP contribution in [0, 0.1) is 5.92 Å². The van der Waals surface area contributed by atoms with Crippen molar-refractivity contribution in [1.29, 1.82) is 0 Å². The van der Waals surface area contributed by atoms with Gasteiger partial charge in [0.25, 0.3) is 0 Å². The van der Waals surface area contributed by atoms with E-state index in [0.29, 0.717) is 12.3 Å². The van der Waals surface area contributed by atoms with Crippen LogP contribution in [0.2, 0.25) is 0 Å². The number of hydrogen-bond acceptors (Lipinski definition) is 3. The molecule has 0 aliphatic heterocycles. The molecule has 0 saturated heterocycles. The van der Waals surface area contributed by atoms with Crippen LogP contribution in [0.15, 0.2) is 23.2 Å². The van der Waals surface area contributed by atoms with Gasteiger partial charge in [-0.15, -0.1) is 0 Å². The Balaban J connectivity index is 1.79. The third-order valence-corrected chi connectivity index (χ3v) is 4.56. The average molecular weight is 333 g/mol. The quantitative estimate of drug-likeness (QED) is 0.387. The summed E-state index contributed by atoms with van der Waals surface area (Å²) in [4.78, 5) is 4.59. The number of methoxy groups -OCH3 is 1. The summed E-state index contributed by atoms with van der Waals surface area (Å²) in [6, 6.07) is 5.39. The van der Waals surface area contributed by atoms with Crippen molar-refractivity contribution >= 4 is 5.96 Å². The normalized spacial score (nSPS) is 15.5. The number of ether oxygens (including phenoxy) is 1. The highest BCUT2D eigenvalue weighted by Gasteiger charge is 2.14. The zero-order valence-electron chi connectivity index (χ0n) is 15.0. The molecule has 0 bridgehead atoms. The summed E-state index contributed by atoms with van der Waals surface area (Å²) in [5.41, 5.74) is 0.955. The van der Waals surface area contributed by atoms with Gasteiger partial charge in [-0.25, -0.2) is 4.99 Å². The third-order valence-electron chi connectivity index (χ3n) is 4.56. The summed E-state index contributed by atoms with van der Waals surface area (Å²) in [5.74, 6) is 2.41. The largest absolute Gasteiger partial charge is 0.504 e. The Hall–Kier alpha value is -1.91. The fraction of sp³-hybridized carbons (Fsp3) is 0.632. The number of phenolic OH excluding ortho intramolecular Hbond substituents is 1. The SMILES string of the molecule is CCNC(=NCc1ccc(OC)c(O)c1)NCCCC1CCCC1. The first-order valence-electron chi connectivity index (χ1n) is 9.11. The standard InChI is InChI=1S/C19H31N3O2/c1-3-20-19(21-12-6-9-15-7-4-5-8-15)22-14-16-10-11-18(24-2)17(23)13-16/h10-11,13,15,23H,3-9,12,14H2,1-2H3,(H2,20,21,22). The van der Waals surface area contributed by atoms with Crippen LogP contribution in [-0.4, -0.2) is 31.3 Å². The summed E-state index contributed by atoms with van der Waals surface area (Å²) >= 11 is 0. The Morgan fingerprint density at radius 2 is 2.08 bits per heavy atom. The van der Waals surface area contributed by atoms with Crippen LogP contribution in [-0.2, 0) is 6.54 Å². The first kappa shape index (κ1) is 18.4. The van der Waals surface area contributed by atoms with E-state index in [-0.39, 0.29) is 5.75 Å². The maximum atomic E-state index is 9.83. The summed E-state index contributed by atoms with van der Waals surface area (Å²) in [5, 5.41) is 16.5. The molecule has 0 aromatic heterocycles. The Morgan fingerprint density at radius 3 is 2.75 bits per heavy atom. The van der Waals surface area contributed by atoms with Crippen molar-refractivity contribution in [3.63, 3.8) is 0 Å². The number of hydrogen-bond donors (Lipinski definition) is 3. The van der Waals surface area contributed by atoms with Crippen molar-refractivity contribution in [1.82, 2.24) is 10.6 Å². The second-order valence-electron chi connectivity index (χ2n) is 6.42. The van der Waals surface area contributed by atoms with Crippen LogP contribution in [0.5, 0.6) is 11.5 Å². The summed E-state index contributed by atoms with van der Waals surface area (Å²) in [6.45, 7) is 4.38. The zero-order valence-corrected chi connectivity index (χ0v) is 15.0. The van der Waals surface area contributed by atoms with Crippen LogP contribution in [0.1, 0.15) is 51.0 Å². The van der Waals surface area contributed by atoms with Crippen LogP contribution in [0.25, 0.3) is 0 Å². The topological polar surface area (TPSA) is 65.9 Å². The maximum absolute atomic E-state index is 9.83. The molecule has 1 aliphatic rings. The molecule has 0 unspecified atom stereocenters. The number of aromatic hydroxyl groups is 1. The predicted molar refractivity (Wildman–Crippen MR) is 98.7 cm³/mol. The van der Waals surface area contributed by atoms with Gasteiger partial charge in [0.05, 0.1) is 13.7 Å². The molecule has 2 rings (SSSR count). The Labute approximate surface area is 145 Å². The number of nitrogens with one attached hydrogen (secondary N) is 2. The van der Waals surface area contributed by atoms with E-state index in [1.54, 1.807) is 19.2 Å². The van der Waals surface area contributed by atoms with Crippen LogP contribution >= 0.6 is 0 Å². The van der Waals surface area contributed by atoms with Gasteiger partial charge in [0.15, 0.2) is 17.5 Å². The molecule has 5 nitrogen and oxygen atoms in total. The van der Waals surface area contributed by atoms with Crippen molar-refractivity contribution in [2.24, 2.45) is 10.9 Å². The second-order valence-corrected chi connectivity index (χ2v) is 6.42. The first-order chi connectivity index (χ1) is 11.7. The number of nitrogens with zero attached hydrogens (tertiary/aromatic N) is 1. The van der Waals surface area contributed by atoms with Gasteiger partial charge in [-0.05, 0) is 43.4 Å². The lowest BCUT2D eigenvalue weighted by atomic mass is 10.0. The molecule has 1 aromatic carbocycles. The van der Waals surface area contributed by atoms with Gasteiger partial charge in [0.1, 0.15) is 0 Å². The predicted octanol–water partition coefficient (Wildman–Crippen LogP) is 3.43. The minimum atomic E-state index is 0.153. The second kappa shape index (κ2) is 10.1. The fourth-order valence-corrected chi connectivity index (χ4v) is 3.24. The van der Waals surface area contributed by atoms with Crippen molar-refractivity contribution < 1.29 is 9.84 Å². The van der Waals surface area contributed by atoms with Crippen molar-refractivity contribution in [3.05, 3.63) is 23.8 Å². The monoisotopic (exact) mass is 333 g/mol. The van der Waals surface area contributed by atoms with E-state index in [4.69, 9.17) is 4.74 Å². The molecule has 0 spiro atoms. The number of rotatable bonds is 8. The van der Waals surface area contributed by atoms with Crippen molar-refractivity contribution in [2.45, 2.75) is 52.0 Å². The van der Waals surface area contributed by atoms with Crippen molar-refractivity contribution in [3.8, 4) is 11.5 Å². The molecule has 1 aliphatic carbocycles. The van der Waals surface area contributed by atoms with E-state index < -0.39 is 0 Å². The molecule has 24 heavy (non-hydrogen) atoms. The lowest BCUT2D eigenvalue weighted by molar-refractivity contribution is 0.373. The summed E-state index contributed by atoms with van der Waals surface area (Å²) < 4.78 is 5.06. The van der Waals surface area contributed by atoms with Crippen LogP contribution < -0.4 is 15.4 Å². The number of aliphatic imine (C=N–C) groups is 1. The molecular weight excluding hydrogens is 302 g/mol. The van der Waals surface area contributed by atoms with E-state index in [1.165, 1.54) is 38.5 Å². The van der Waals surface area contributed by atoms with E-state index in [9.17, 15) is 5.11 Å². The fourth-order valence-electron chi connectivity index (χ4n) is 3.24. The van der Waals surface area contributed by atoms with E-state index in [1.807, 2.05) is 6.07 Å². The van der Waals surface area contributed by atoms with Gasteiger partial charge >= 0.3 is 0 Å². The zero-order chi connectivity index (χ0) is 17.2. The molecule has 134 valence electrons. The molecule has 0 amide bonds. The van der Waals surface area contributed by atoms with Crippen LogP contribution in [0.3, 0.4) is 0 Å². The van der Waals surface area contributed by atoms with Gasteiger partial charge in [-0.3, -0.25) is 0 Å². The van der Waals surface area contributed by atoms with Gasteiger partial charge in [0, 0.05) is 13.1 Å². The molecule has 3 N–H and O–H groups in total. The molecule has 0 atom stereocenters. The molecule has 1 saturated carbocycles. The van der Waals surface area contributed by atoms with Crippen LogP contribution in [0.4, 0.5) is 0 Å². The van der Waals surface area contributed by atoms with E-state index >= 15 is 0 Å². The van der Waals surface area contributed by atoms with Gasteiger partial charge in [0.2, 0.25) is 0 Å². The lowest BCUT2D eigenvalue weighted by Crippen LogP contribution is -2.37.